The number of hydrogen-bond acceptors (Lipinski definition) is 4. The number of anilines is 2. The van der Waals surface area contributed by atoms with Gasteiger partial charge in [0.25, 0.3) is 5.69 Å². The van der Waals surface area contributed by atoms with Gasteiger partial charge in [-0.15, -0.1) is 0 Å². The van der Waals surface area contributed by atoms with Crippen LogP contribution in [0.15, 0.2) is 40.9 Å². The average Bonchev–Trinajstić information content (AvgIpc) is 2.42. The Morgan fingerprint density at radius 3 is 2.70 bits per heavy atom. The quantitative estimate of drug-likeness (QED) is 0.667. The predicted octanol–water partition coefficient (Wildman–Crippen LogP) is 4.25. The van der Waals surface area contributed by atoms with E-state index in [1.54, 1.807) is 12.1 Å². The van der Waals surface area contributed by atoms with Gasteiger partial charge in [0.15, 0.2) is 11.6 Å². The number of nitrogens with one attached hydrogen (secondary N) is 1. The van der Waals surface area contributed by atoms with Crippen LogP contribution in [-0.2, 0) is 0 Å². The van der Waals surface area contributed by atoms with E-state index in [0.717, 1.165) is 0 Å². The minimum atomic E-state index is -0.497. The van der Waals surface area contributed by atoms with Crippen LogP contribution in [0.1, 0.15) is 0 Å². The highest BCUT2D eigenvalue weighted by molar-refractivity contribution is 9.10. The normalized spacial score (nSPS) is 10.2. The van der Waals surface area contributed by atoms with E-state index >= 15 is 0 Å². The van der Waals surface area contributed by atoms with Crippen LogP contribution in [0.3, 0.4) is 0 Å². The Bertz CT molecular complexity index is 664. The Kier molecular flexibility index (Phi) is 4.19. The molecule has 0 aliphatic carbocycles. The van der Waals surface area contributed by atoms with Gasteiger partial charge >= 0.3 is 0 Å². The highest BCUT2D eigenvalue weighted by atomic mass is 79.9. The van der Waals surface area contributed by atoms with Gasteiger partial charge in [-0.3, -0.25) is 10.1 Å². The van der Waals surface area contributed by atoms with E-state index in [-0.39, 0.29) is 11.4 Å². The predicted molar refractivity (Wildman–Crippen MR) is 77.0 cm³/mol. The second-order valence-corrected chi connectivity index (χ2v) is 4.81. The van der Waals surface area contributed by atoms with E-state index < -0.39 is 10.7 Å². The molecular formula is C13H10BrFN2O3. The first-order valence-electron chi connectivity index (χ1n) is 5.56. The van der Waals surface area contributed by atoms with Crippen molar-refractivity contribution in [2.75, 3.05) is 12.4 Å². The molecule has 0 aliphatic rings. The van der Waals surface area contributed by atoms with Gasteiger partial charge in [0, 0.05) is 22.3 Å². The molecule has 2 aromatic carbocycles. The van der Waals surface area contributed by atoms with Gasteiger partial charge in [0.1, 0.15) is 5.69 Å². The molecule has 0 spiro atoms. The third kappa shape index (κ3) is 3.05. The molecule has 0 heterocycles. The molecule has 0 saturated heterocycles. The van der Waals surface area contributed by atoms with Gasteiger partial charge in [0.2, 0.25) is 0 Å². The molecular weight excluding hydrogens is 331 g/mol. The van der Waals surface area contributed by atoms with Gasteiger partial charge in [0.05, 0.1) is 12.0 Å². The van der Waals surface area contributed by atoms with Crippen molar-refractivity contribution in [3.63, 3.8) is 0 Å². The number of nitrogens with zero attached hydrogens (tertiary/aromatic N) is 1. The van der Waals surface area contributed by atoms with E-state index in [0.29, 0.717) is 15.8 Å². The van der Waals surface area contributed by atoms with Crippen LogP contribution in [0.25, 0.3) is 0 Å². The SMILES string of the molecule is COc1cc(Nc2ccc(Br)cc2[N+](=O)[O-])ccc1F. The third-order valence-corrected chi connectivity index (χ3v) is 3.08. The van der Waals surface area contributed by atoms with Crippen LogP contribution in [-0.4, -0.2) is 12.0 Å². The zero-order valence-corrected chi connectivity index (χ0v) is 12.0. The largest absolute Gasteiger partial charge is 0.494 e. The van der Waals surface area contributed by atoms with E-state index in [2.05, 4.69) is 21.2 Å². The fourth-order valence-corrected chi connectivity index (χ4v) is 2.00. The number of nitro benzene ring substituents is 1. The van der Waals surface area contributed by atoms with Crippen molar-refractivity contribution in [2.45, 2.75) is 0 Å². The zero-order valence-electron chi connectivity index (χ0n) is 10.4. The van der Waals surface area contributed by atoms with Crippen LogP contribution >= 0.6 is 15.9 Å². The summed E-state index contributed by atoms with van der Waals surface area (Å²) in [6.45, 7) is 0. The highest BCUT2D eigenvalue weighted by Gasteiger charge is 2.15. The summed E-state index contributed by atoms with van der Waals surface area (Å²) in [5, 5.41) is 13.9. The molecule has 2 aromatic rings. The lowest BCUT2D eigenvalue weighted by Crippen LogP contribution is -1.98. The lowest BCUT2D eigenvalue weighted by molar-refractivity contribution is -0.384. The number of hydrogen-bond donors (Lipinski definition) is 1. The van der Waals surface area contributed by atoms with Crippen LogP contribution in [0.5, 0.6) is 5.75 Å². The average molecular weight is 341 g/mol. The second kappa shape index (κ2) is 5.87. The first-order valence-corrected chi connectivity index (χ1v) is 6.35. The van der Waals surface area contributed by atoms with Gasteiger partial charge in [-0.1, -0.05) is 15.9 Å². The minimum absolute atomic E-state index is 0.0646. The summed E-state index contributed by atoms with van der Waals surface area (Å²) in [5.41, 5.74) is 0.725. The van der Waals surface area contributed by atoms with Crippen molar-refractivity contribution >= 4 is 33.0 Å². The van der Waals surface area contributed by atoms with Crippen molar-refractivity contribution in [1.29, 1.82) is 0 Å². The molecule has 0 amide bonds. The van der Waals surface area contributed by atoms with Crippen LogP contribution in [0.2, 0.25) is 0 Å². The minimum Gasteiger partial charge on any atom is -0.494 e. The fourth-order valence-electron chi connectivity index (χ4n) is 1.65. The summed E-state index contributed by atoms with van der Waals surface area (Å²) >= 11 is 3.18. The topological polar surface area (TPSA) is 64.4 Å². The molecule has 1 N–H and O–H groups in total. The first-order chi connectivity index (χ1) is 9.51. The maximum Gasteiger partial charge on any atom is 0.293 e. The molecule has 2 rings (SSSR count). The molecule has 0 unspecified atom stereocenters. The molecule has 104 valence electrons. The molecule has 5 nitrogen and oxygen atoms in total. The number of ether oxygens (including phenoxy) is 1. The third-order valence-electron chi connectivity index (χ3n) is 2.59. The first kappa shape index (κ1) is 14.3. The smallest absolute Gasteiger partial charge is 0.293 e. The molecule has 0 aliphatic heterocycles. The van der Waals surface area contributed by atoms with Crippen LogP contribution < -0.4 is 10.1 Å². The summed E-state index contributed by atoms with van der Waals surface area (Å²) in [5.74, 6) is -0.432. The Morgan fingerprint density at radius 1 is 1.30 bits per heavy atom. The molecule has 0 radical (unpaired) electrons. The summed E-state index contributed by atoms with van der Waals surface area (Å²) in [7, 11) is 1.35. The summed E-state index contributed by atoms with van der Waals surface area (Å²) < 4.78 is 18.8. The second-order valence-electron chi connectivity index (χ2n) is 3.89. The fraction of sp³-hybridized carbons (Fsp3) is 0.0769. The van der Waals surface area contributed by atoms with Gasteiger partial charge in [-0.25, -0.2) is 4.39 Å². The van der Waals surface area contributed by atoms with Crippen molar-refractivity contribution in [3.8, 4) is 5.75 Å². The number of rotatable bonds is 4. The molecule has 0 aromatic heterocycles. The number of benzene rings is 2. The van der Waals surface area contributed by atoms with E-state index in [1.165, 1.54) is 31.4 Å². The molecule has 0 bridgehead atoms. The molecule has 0 saturated carbocycles. The van der Waals surface area contributed by atoms with E-state index in [1.807, 2.05) is 0 Å². The maximum atomic E-state index is 13.3. The molecule has 0 atom stereocenters. The standard InChI is InChI=1S/C13H10BrFN2O3/c1-20-13-7-9(3-4-10(13)15)16-11-5-2-8(14)6-12(11)17(18)19/h2-7,16H,1H3. The van der Waals surface area contributed by atoms with Crippen molar-refractivity contribution in [3.05, 3.63) is 56.8 Å². The number of halogens is 2. The van der Waals surface area contributed by atoms with Gasteiger partial charge in [-0.05, 0) is 24.3 Å². The number of methoxy groups -OCH3 is 1. The molecule has 0 fully saturated rings. The zero-order chi connectivity index (χ0) is 14.7. The Hall–Kier alpha value is -2.15. The monoisotopic (exact) mass is 340 g/mol. The lowest BCUT2D eigenvalue weighted by atomic mass is 10.2. The number of nitro groups is 1. The van der Waals surface area contributed by atoms with E-state index in [9.17, 15) is 14.5 Å². The molecule has 7 heteroatoms. The summed E-state index contributed by atoms with van der Waals surface area (Å²) in [6.07, 6.45) is 0. The van der Waals surface area contributed by atoms with Crippen LogP contribution in [0.4, 0.5) is 21.5 Å². The van der Waals surface area contributed by atoms with Gasteiger partial charge < -0.3 is 10.1 Å². The Morgan fingerprint density at radius 2 is 2.05 bits per heavy atom. The van der Waals surface area contributed by atoms with Gasteiger partial charge in [-0.2, -0.15) is 0 Å². The Balaban J connectivity index is 2.37. The maximum absolute atomic E-state index is 13.3. The van der Waals surface area contributed by atoms with Crippen molar-refractivity contribution in [2.24, 2.45) is 0 Å². The van der Waals surface area contributed by atoms with Crippen molar-refractivity contribution < 1.29 is 14.1 Å². The summed E-state index contributed by atoms with van der Waals surface area (Å²) in [6, 6.07) is 8.77. The molecule has 20 heavy (non-hydrogen) atoms. The van der Waals surface area contributed by atoms with Crippen LogP contribution in [0, 0.1) is 15.9 Å². The van der Waals surface area contributed by atoms with Crippen molar-refractivity contribution in [1.82, 2.24) is 0 Å². The highest BCUT2D eigenvalue weighted by Crippen LogP contribution is 2.32. The van der Waals surface area contributed by atoms with E-state index in [4.69, 9.17) is 4.74 Å². The Labute approximate surface area is 122 Å². The lowest BCUT2D eigenvalue weighted by Gasteiger charge is -2.09. The summed E-state index contributed by atoms with van der Waals surface area (Å²) in [4.78, 5) is 10.5.